The van der Waals surface area contributed by atoms with Crippen molar-refractivity contribution in [1.82, 2.24) is 19.7 Å². The number of urea groups is 1. The van der Waals surface area contributed by atoms with E-state index < -0.39 is 11.9 Å². The van der Waals surface area contributed by atoms with Crippen molar-refractivity contribution in [2.45, 2.75) is 33.1 Å². The van der Waals surface area contributed by atoms with Crippen LogP contribution in [0.25, 0.3) is 5.69 Å². The summed E-state index contributed by atoms with van der Waals surface area (Å²) in [4.78, 5) is 32.4. The van der Waals surface area contributed by atoms with Crippen molar-refractivity contribution >= 4 is 35.0 Å². The minimum absolute atomic E-state index is 0.0776. The predicted molar refractivity (Wildman–Crippen MR) is 142 cm³/mol. The topological polar surface area (TPSA) is 137 Å². The first kappa shape index (κ1) is 25.6. The molecule has 1 aromatic carbocycles. The van der Waals surface area contributed by atoms with Gasteiger partial charge in [-0.2, -0.15) is 5.10 Å². The number of carbonyl (C=O) groups excluding carboxylic acids is 2. The molecule has 190 valence electrons. The van der Waals surface area contributed by atoms with E-state index in [1.165, 1.54) is 12.3 Å². The monoisotopic (exact) mass is 519 g/mol. The van der Waals surface area contributed by atoms with Crippen LogP contribution in [0.1, 0.15) is 42.6 Å². The van der Waals surface area contributed by atoms with Gasteiger partial charge in [0.25, 0.3) is 5.91 Å². The summed E-state index contributed by atoms with van der Waals surface area (Å²) >= 11 is 6.40. The second kappa shape index (κ2) is 10.3. The number of nitrogens with one attached hydrogen (secondary N) is 2. The van der Waals surface area contributed by atoms with Crippen LogP contribution in [0.15, 0.2) is 60.9 Å². The van der Waals surface area contributed by atoms with E-state index in [4.69, 9.17) is 22.1 Å². The zero-order valence-corrected chi connectivity index (χ0v) is 21.5. The van der Waals surface area contributed by atoms with Crippen LogP contribution in [0.2, 0.25) is 5.02 Å². The molecular weight excluding hydrogens is 494 g/mol. The van der Waals surface area contributed by atoms with Crippen molar-refractivity contribution in [2.75, 3.05) is 10.6 Å². The number of nitrogens with two attached hydrogens (primary N) is 1. The molecular formula is C26H26ClN7O3. The summed E-state index contributed by atoms with van der Waals surface area (Å²) in [5.74, 6) is 0.583. The Labute approximate surface area is 218 Å². The Morgan fingerprint density at radius 3 is 2.41 bits per heavy atom. The van der Waals surface area contributed by atoms with E-state index >= 15 is 0 Å². The number of primary amides is 1. The minimum atomic E-state index is -0.663. The number of anilines is 2. The maximum Gasteiger partial charge on any atom is 0.324 e. The van der Waals surface area contributed by atoms with Crippen LogP contribution in [0.3, 0.4) is 0 Å². The second-order valence-corrected chi connectivity index (χ2v) is 9.71. The molecule has 0 aliphatic heterocycles. The third-order valence-electron chi connectivity index (χ3n) is 5.27. The van der Waals surface area contributed by atoms with Gasteiger partial charge in [0.15, 0.2) is 0 Å². The Hall–Kier alpha value is -4.44. The molecule has 3 aromatic heterocycles. The van der Waals surface area contributed by atoms with E-state index in [9.17, 15) is 9.59 Å². The molecule has 0 aliphatic rings. The molecule has 0 saturated carbocycles. The number of hydrogen-bond donors (Lipinski definition) is 3. The smallest absolute Gasteiger partial charge is 0.324 e. The molecule has 3 amide bonds. The van der Waals surface area contributed by atoms with E-state index in [0.29, 0.717) is 28.7 Å². The van der Waals surface area contributed by atoms with Gasteiger partial charge in [0, 0.05) is 35.5 Å². The molecule has 0 fully saturated rings. The van der Waals surface area contributed by atoms with E-state index in [1.807, 2.05) is 45.9 Å². The third kappa shape index (κ3) is 6.22. The minimum Gasteiger partial charge on any atom is -0.457 e. The van der Waals surface area contributed by atoms with E-state index in [-0.39, 0.29) is 16.1 Å². The Bertz CT molecular complexity index is 1460. The summed E-state index contributed by atoms with van der Waals surface area (Å²) in [6.45, 7) is 8.03. The molecule has 3 heterocycles. The summed E-state index contributed by atoms with van der Waals surface area (Å²) in [5, 5.41) is 10.5. The number of benzene rings is 1. The molecule has 4 rings (SSSR count). The van der Waals surface area contributed by atoms with Crippen molar-refractivity contribution in [3.63, 3.8) is 0 Å². The standard InChI is InChI=1S/C26H26ClN7O3/c1-15-5-6-16(14-30-15)34-23(13-22(33-34)26(2,3)4)32-25(36)31-20-8-7-17(11-19(20)27)37-18-9-10-29-21(12-18)24(28)35/h5-14H,1-4H3,(H2,28,35)(H2,31,32,36). The van der Waals surface area contributed by atoms with Crippen molar-refractivity contribution in [1.29, 1.82) is 0 Å². The van der Waals surface area contributed by atoms with Crippen LogP contribution in [0.4, 0.5) is 16.3 Å². The van der Waals surface area contributed by atoms with Crippen LogP contribution in [-0.4, -0.2) is 31.7 Å². The number of pyridine rings is 2. The molecule has 10 nitrogen and oxygen atoms in total. The van der Waals surface area contributed by atoms with E-state index in [2.05, 4.69) is 25.7 Å². The number of carbonyl (C=O) groups is 2. The van der Waals surface area contributed by atoms with Gasteiger partial charge in [0.1, 0.15) is 23.0 Å². The molecule has 11 heteroatoms. The summed E-state index contributed by atoms with van der Waals surface area (Å²) in [5.41, 5.74) is 7.87. The molecule has 0 radical (unpaired) electrons. The zero-order valence-electron chi connectivity index (χ0n) is 20.7. The fourth-order valence-corrected chi connectivity index (χ4v) is 3.51. The molecule has 0 saturated heterocycles. The van der Waals surface area contributed by atoms with Crippen LogP contribution < -0.4 is 21.1 Å². The van der Waals surface area contributed by atoms with E-state index in [1.54, 1.807) is 35.1 Å². The Balaban J connectivity index is 1.51. The molecule has 4 aromatic rings. The number of aromatic nitrogens is 4. The van der Waals surface area contributed by atoms with Crippen LogP contribution >= 0.6 is 11.6 Å². The van der Waals surface area contributed by atoms with Crippen LogP contribution in [0.5, 0.6) is 11.5 Å². The molecule has 0 bridgehead atoms. The van der Waals surface area contributed by atoms with Gasteiger partial charge in [0.2, 0.25) is 0 Å². The van der Waals surface area contributed by atoms with Gasteiger partial charge < -0.3 is 15.8 Å². The number of amides is 3. The van der Waals surface area contributed by atoms with Crippen LogP contribution in [-0.2, 0) is 5.41 Å². The molecule has 0 spiro atoms. The zero-order chi connectivity index (χ0) is 26.7. The molecule has 0 unspecified atom stereocenters. The maximum absolute atomic E-state index is 12.9. The lowest BCUT2D eigenvalue weighted by Crippen LogP contribution is -2.21. The van der Waals surface area contributed by atoms with Crippen LogP contribution in [0, 0.1) is 6.92 Å². The summed E-state index contributed by atoms with van der Waals surface area (Å²) in [7, 11) is 0. The second-order valence-electron chi connectivity index (χ2n) is 9.30. The quantitative estimate of drug-likeness (QED) is 0.309. The number of hydrogen-bond acceptors (Lipinski definition) is 6. The number of ether oxygens (including phenoxy) is 1. The highest BCUT2D eigenvalue weighted by atomic mass is 35.5. The van der Waals surface area contributed by atoms with Crippen molar-refractivity contribution in [2.24, 2.45) is 5.73 Å². The summed E-state index contributed by atoms with van der Waals surface area (Å²) in [6, 6.07) is 12.9. The number of rotatable bonds is 6. The van der Waals surface area contributed by atoms with E-state index in [0.717, 1.165) is 11.4 Å². The average molecular weight is 520 g/mol. The lowest BCUT2D eigenvalue weighted by Gasteiger charge is -2.14. The Kier molecular flexibility index (Phi) is 7.12. The summed E-state index contributed by atoms with van der Waals surface area (Å²) in [6.07, 6.45) is 3.11. The van der Waals surface area contributed by atoms with Crippen molar-refractivity contribution in [3.05, 3.63) is 83.0 Å². The molecule has 0 aliphatic carbocycles. The lowest BCUT2D eigenvalue weighted by molar-refractivity contribution is 0.0995. The van der Waals surface area contributed by atoms with Gasteiger partial charge in [-0.15, -0.1) is 0 Å². The van der Waals surface area contributed by atoms with Gasteiger partial charge in [-0.25, -0.2) is 9.48 Å². The largest absolute Gasteiger partial charge is 0.457 e. The first-order chi connectivity index (χ1) is 17.5. The van der Waals surface area contributed by atoms with Crippen molar-refractivity contribution < 1.29 is 14.3 Å². The third-order valence-corrected chi connectivity index (χ3v) is 5.58. The normalized spacial score (nSPS) is 11.2. The van der Waals surface area contributed by atoms with Gasteiger partial charge in [-0.05, 0) is 37.3 Å². The molecule has 37 heavy (non-hydrogen) atoms. The Morgan fingerprint density at radius 2 is 1.76 bits per heavy atom. The first-order valence-corrected chi connectivity index (χ1v) is 11.7. The van der Waals surface area contributed by atoms with Gasteiger partial charge in [-0.1, -0.05) is 32.4 Å². The van der Waals surface area contributed by atoms with Crippen molar-refractivity contribution in [3.8, 4) is 17.2 Å². The highest BCUT2D eigenvalue weighted by molar-refractivity contribution is 6.34. The predicted octanol–water partition coefficient (Wildman–Crippen LogP) is 5.46. The number of aryl methyl sites for hydroxylation is 1. The van der Waals surface area contributed by atoms with Gasteiger partial charge in [0.05, 0.1) is 28.3 Å². The summed E-state index contributed by atoms with van der Waals surface area (Å²) < 4.78 is 7.37. The SMILES string of the molecule is Cc1ccc(-n2nc(C(C)(C)C)cc2NC(=O)Nc2ccc(Oc3ccnc(C(N)=O)c3)cc2Cl)cn1. The maximum atomic E-state index is 12.9. The first-order valence-electron chi connectivity index (χ1n) is 11.3. The fraction of sp³-hybridized carbons (Fsp3) is 0.192. The molecule has 0 atom stereocenters. The Morgan fingerprint density at radius 1 is 1.00 bits per heavy atom. The lowest BCUT2D eigenvalue weighted by atomic mass is 9.92. The van der Waals surface area contributed by atoms with Gasteiger partial charge >= 0.3 is 6.03 Å². The highest BCUT2D eigenvalue weighted by Gasteiger charge is 2.22. The highest BCUT2D eigenvalue weighted by Crippen LogP contribution is 2.31. The number of halogens is 1. The number of nitrogens with zero attached hydrogens (tertiary/aromatic N) is 4. The average Bonchev–Trinajstić information content (AvgIpc) is 3.26. The fourth-order valence-electron chi connectivity index (χ4n) is 3.29. The molecule has 4 N–H and O–H groups in total. The van der Waals surface area contributed by atoms with Gasteiger partial charge in [-0.3, -0.25) is 20.1 Å².